The zero-order valence-electron chi connectivity index (χ0n) is 11.8. The van der Waals surface area contributed by atoms with Crippen LogP contribution in [0.15, 0.2) is 30.5 Å². The van der Waals surface area contributed by atoms with Crippen LogP contribution in [0, 0.1) is 0 Å². The lowest BCUT2D eigenvalue weighted by atomic mass is 10.1. The van der Waals surface area contributed by atoms with Gasteiger partial charge in [0.1, 0.15) is 0 Å². The highest BCUT2D eigenvalue weighted by atomic mass is 35.5. The quantitative estimate of drug-likeness (QED) is 0.924. The number of aromatic nitrogens is 2. The van der Waals surface area contributed by atoms with Crippen molar-refractivity contribution in [3.63, 3.8) is 0 Å². The molecule has 2 aromatic rings. The van der Waals surface area contributed by atoms with Gasteiger partial charge in [0.2, 0.25) is 0 Å². The molecule has 6 heteroatoms. The number of hydrogen-bond donors (Lipinski definition) is 1. The van der Waals surface area contributed by atoms with Crippen LogP contribution in [0.25, 0.3) is 11.3 Å². The summed E-state index contributed by atoms with van der Waals surface area (Å²) in [7, 11) is 0. The Balaban J connectivity index is 1.84. The Hall–Kier alpha value is -1.85. The molecule has 0 saturated carbocycles. The summed E-state index contributed by atoms with van der Waals surface area (Å²) >= 11 is 5.92. The minimum Gasteiger partial charge on any atom is -0.381 e. The lowest BCUT2D eigenvalue weighted by Crippen LogP contribution is -2.43. The summed E-state index contributed by atoms with van der Waals surface area (Å²) < 4.78 is 5.46. The molecule has 3 rings (SSSR count). The van der Waals surface area contributed by atoms with Gasteiger partial charge in [0.15, 0.2) is 11.0 Å². The molecule has 1 aliphatic heterocycles. The molecule has 1 saturated heterocycles. The van der Waals surface area contributed by atoms with Gasteiger partial charge in [-0.1, -0.05) is 23.7 Å². The van der Waals surface area contributed by atoms with Crippen molar-refractivity contribution >= 4 is 23.1 Å². The second-order valence-electron chi connectivity index (χ2n) is 5.10. The number of nitrogen functional groups attached to an aromatic ring is 1. The summed E-state index contributed by atoms with van der Waals surface area (Å²) in [4.78, 5) is 10.6. The first-order valence-corrected chi connectivity index (χ1v) is 7.26. The van der Waals surface area contributed by atoms with Crippen molar-refractivity contribution in [1.82, 2.24) is 9.97 Å². The fourth-order valence-electron chi connectivity index (χ4n) is 2.45. The second kappa shape index (κ2) is 5.87. The molecule has 1 aromatic heterocycles. The van der Waals surface area contributed by atoms with E-state index in [0.717, 1.165) is 31.0 Å². The highest BCUT2D eigenvalue weighted by molar-refractivity contribution is 6.31. The van der Waals surface area contributed by atoms with Crippen LogP contribution < -0.4 is 10.6 Å². The van der Waals surface area contributed by atoms with Crippen molar-refractivity contribution in [1.29, 1.82) is 0 Å². The summed E-state index contributed by atoms with van der Waals surface area (Å²) in [5.41, 5.74) is 8.45. The van der Waals surface area contributed by atoms with E-state index >= 15 is 0 Å². The molecule has 5 nitrogen and oxygen atoms in total. The van der Waals surface area contributed by atoms with Crippen molar-refractivity contribution in [3.05, 3.63) is 35.6 Å². The van der Waals surface area contributed by atoms with E-state index in [0.29, 0.717) is 6.04 Å². The molecule has 0 spiro atoms. The maximum Gasteiger partial charge on any atom is 0.171 e. The van der Waals surface area contributed by atoms with Crippen LogP contribution in [0.1, 0.15) is 6.92 Å². The van der Waals surface area contributed by atoms with Crippen molar-refractivity contribution in [3.8, 4) is 11.3 Å². The maximum atomic E-state index is 5.92. The number of rotatable bonds is 2. The molecular formula is C15H17ClN4O. The SMILES string of the molecule is C[C@@H]1COCCN1c1ccc(-c2cnc(N)c(Cl)n2)cc1. The summed E-state index contributed by atoms with van der Waals surface area (Å²) in [5, 5.41) is 0.235. The summed E-state index contributed by atoms with van der Waals surface area (Å²) in [6, 6.07) is 8.60. The van der Waals surface area contributed by atoms with E-state index in [-0.39, 0.29) is 11.0 Å². The van der Waals surface area contributed by atoms with Gasteiger partial charge in [-0.2, -0.15) is 0 Å². The summed E-state index contributed by atoms with van der Waals surface area (Å²) in [6.07, 6.45) is 1.63. The Morgan fingerprint density at radius 3 is 2.76 bits per heavy atom. The highest BCUT2D eigenvalue weighted by Gasteiger charge is 2.18. The molecule has 0 unspecified atom stereocenters. The second-order valence-corrected chi connectivity index (χ2v) is 5.45. The van der Waals surface area contributed by atoms with Crippen LogP contribution in [0.2, 0.25) is 5.15 Å². The Morgan fingerprint density at radius 1 is 1.33 bits per heavy atom. The largest absolute Gasteiger partial charge is 0.381 e. The van der Waals surface area contributed by atoms with Crippen LogP contribution in [-0.4, -0.2) is 35.8 Å². The zero-order valence-corrected chi connectivity index (χ0v) is 12.5. The van der Waals surface area contributed by atoms with Crippen LogP contribution in [0.4, 0.5) is 11.5 Å². The third kappa shape index (κ3) is 2.94. The van der Waals surface area contributed by atoms with E-state index in [4.69, 9.17) is 22.1 Å². The molecule has 0 bridgehead atoms. The molecule has 2 heterocycles. The fraction of sp³-hybridized carbons (Fsp3) is 0.333. The van der Waals surface area contributed by atoms with E-state index in [9.17, 15) is 0 Å². The van der Waals surface area contributed by atoms with Crippen molar-refractivity contribution in [2.45, 2.75) is 13.0 Å². The molecule has 0 radical (unpaired) electrons. The van der Waals surface area contributed by atoms with Crippen LogP contribution in [0.3, 0.4) is 0 Å². The van der Waals surface area contributed by atoms with Crippen LogP contribution in [0.5, 0.6) is 0 Å². The van der Waals surface area contributed by atoms with E-state index in [1.165, 1.54) is 5.69 Å². The minimum absolute atomic E-state index is 0.235. The number of nitrogens with two attached hydrogens (primary N) is 1. The number of benzene rings is 1. The molecule has 110 valence electrons. The van der Waals surface area contributed by atoms with Gasteiger partial charge < -0.3 is 15.4 Å². The van der Waals surface area contributed by atoms with Gasteiger partial charge >= 0.3 is 0 Å². The average molecular weight is 305 g/mol. The molecule has 1 aliphatic rings. The molecule has 1 atom stereocenters. The normalized spacial score (nSPS) is 18.8. The molecule has 21 heavy (non-hydrogen) atoms. The summed E-state index contributed by atoms with van der Waals surface area (Å²) in [6.45, 7) is 4.61. The topological polar surface area (TPSA) is 64.3 Å². The lowest BCUT2D eigenvalue weighted by Gasteiger charge is -2.35. The Labute approximate surface area is 128 Å². The fourth-order valence-corrected chi connectivity index (χ4v) is 2.59. The van der Waals surface area contributed by atoms with Gasteiger partial charge in [0.25, 0.3) is 0 Å². The van der Waals surface area contributed by atoms with E-state index in [2.05, 4.69) is 33.9 Å². The first-order chi connectivity index (χ1) is 10.1. The Bertz CT molecular complexity index is 632. The van der Waals surface area contributed by atoms with Gasteiger partial charge in [-0.15, -0.1) is 0 Å². The number of anilines is 2. The van der Waals surface area contributed by atoms with Gasteiger partial charge in [0.05, 0.1) is 25.1 Å². The van der Waals surface area contributed by atoms with Crippen molar-refractivity contribution < 1.29 is 4.74 Å². The predicted molar refractivity (Wildman–Crippen MR) is 84.5 cm³/mol. The molecule has 1 fully saturated rings. The summed E-state index contributed by atoms with van der Waals surface area (Å²) in [5.74, 6) is 0.249. The standard InChI is InChI=1S/C15H17ClN4O/c1-10-9-21-7-6-20(10)12-4-2-11(3-5-12)13-8-18-15(17)14(16)19-13/h2-5,8,10H,6-7,9H2,1H3,(H2,17,18)/t10-/m1/s1. The molecule has 2 N–H and O–H groups in total. The predicted octanol–water partition coefficient (Wildman–Crippen LogP) is 2.60. The van der Waals surface area contributed by atoms with E-state index in [1.807, 2.05) is 12.1 Å². The third-order valence-corrected chi connectivity index (χ3v) is 3.90. The molecular weight excluding hydrogens is 288 g/mol. The maximum absolute atomic E-state index is 5.92. The number of nitrogens with zero attached hydrogens (tertiary/aromatic N) is 3. The molecule has 0 aliphatic carbocycles. The Morgan fingerprint density at radius 2 is 2.10 bits per heavy atom. The van der Waals surface area contributed by atoms with Crippen LogP contribution >= 0.6 is 11.6 Å². The zero-order chi connectivity index (χ0) is 14.8. The minimum atomic E-state index is 0.235. The first kappa shape index (κ1) is 14.1. The third-order valence-electron chi connectivity index (χ3n) is 3.62. The van der Waals surface area contributed by atoms with E-state index < -0.39 is 0 Å². The average Bonchev–Trinajstić information content (AvgIpc) is 2.51. The Kier molecular flexibility index (Phi) is 3.94. The highest BCUT2D eigenvalue weighted by Crippen LogP contribution is 2.25. The van der Waals surface area contributed by atoms with Gasteiger partial charge in [0, 0.05) is 23.8 Å². The van der Waals surface area contributed by atoms with Crippen molar-refractivity contribution in [2.24, 2.45) is 0 Å². The van der Waals surface area contributed by atoms with Gasteiger partial charge in [-0.3, -0.25) is 0 Å². The lowest BCUT2D eigenvalue weighted by molar-refractivity contribution is 0.0989. The number of hydrogen-bond acceptors (Lipinski definition) is 5. The number of ether oxygens (including phenoxy) is 1. The number of halogens is 1. The van der Waals surface area contributed by atoms with Crippen LogP contribution in [-0.2, 0) is 4.74 Å². The van der Waals surface area contributed by atoms with E-state index in [1.54, 1.807) is 6.20 Å². The molecule has 1 aromatic carbocycles. The van der Waals surface area contributed by atoms with Gasteiger partial charge in [-0.05, 0) is 19.1 Å². The number of morpholine rings is 1. The van der Waals surface area contributed by atoms with Crippen molar-refractivity contribution in [2.75, 3.05) is 30.4 Å². The van der Waals surface area contributed by atoms with Gasteiger partial charge in [-0.25, -0.2) is 9.97 Å². The molecule has 0 amide bonds. The smallest absolute Gasteiger partial charge is 0.171 e. The first-order valence-electron chi connectivity index (χ1n) is 6.88. The monoisotopic (exact) mass is 304 g/mol.